The first-order valence-corrected chi connectivity index (χ1v) is 7.18. The highest BCUT2D eigenvalue weighted by atomic mass is 16.5. The van der Waals surface area contributed by atoms with Crippen LogP contribution in [-0.4, -0.2) is 63.5 Å². The molecule has 1 fully saturated rings. The zero-order chi connectivity index (χ0) is 13.4. The molecular formula is C14H30N2O2. The van der Waals surface area contributed by atoms with E-state index < -0.39 is 0 Å². The van der Waals surface area contributed by atoms with E-state index in [-0.39, 0.29) is 0 Å². The molecule has 0 saturated carbocycles. The van der Waals surface area contributed by atoms with Gasteiger partial charge in [-0.2, -0.15) is 0 Å². The molecule has 0 bridgehead atoms. The highest BCUT2D eigenvalue weighted by molar-refractivity contribution is 4.77. The van der Waals surface area contributed by atoms with E-state index in [0.717, 1.165) is 32.7 Å². The van der Waals surface area contributed by atoms with Crippen molar-refractivity contribution in [3.63, 3.8) is 0 Å². The van der Waals surface area contributed by atoms with Gasteiger partial charge < -0.3 is 19.7 Å². The van der Waals surface area contributed by atoms with Gasteiger partial charge in [-0.3, -0.25) is 0 Å². The van der Waals surface area contributed by atoms with Crippen LogP contribution in [0.3, 0.4) is 0 Å². The molecule has 1 aliphatic rings. The summed E-state index contributed by atoms with van der Waals surface area (Å²) in [6.07, 6.45) is 4.30. The Hall–Kier alpha value is -0.160. The van der Waals surface area contributed by atoms with Gasteiger partial charge in [0.05, 0.1) is 12.2 Å². The molecule has 0 aromatic heterocycles. The van der Waals surface area contributed by atoms with Crippen LogP contribution in [0.25, 0.3) is 0 Å². The zero-order valence-corrected chi connectivity index (χ0v) is 12.4. The Morgan fingerprint density at radius 1 is 1.33 bits per heavy atom. The Balaban J connectivity index is 2.09. The summed E-state index contributed by atoms with van der Waals surface area (Å²) in [5.74, 6) is 0. The number of rotatable bonds is 9. The predicted molar refractivity (Wildman–Crippen MR) is 75.0 cm³/mol. The van der Waals surface area contributed by atoms with Crippen molar-refractivity contribution >= 4 is 0 Å². The molecule has 2 unspecified atom stereocenters. The summed E-state index contributed by atoms with van der Waals surface area (Å²) in [6.45, 7) is 8.31. The van der Waals surface area contributed by atoms with E-state index >= 15 is 0 Å². The first kappa shape index (κ1) is 15.9. The second kappa shape index (κ2) is 8.86. The van der Waals surface area contributed by atoms with Crippen molar-refractivity contribution in [1.29, 1.82) is 0 Å². The van der Waals surface area contributed by atoms with Gasteiger partial charge in [0.2, 0.25) is 0 Å². The van der Waals surface area contributed by atoms with Crippen molar-refractivity contribution in [3.8, 4) is 0 Å². The third-order valence-corrected chi connectivity index (χ3v) is 3.35. The van der Waals surface area contributed by atoms with Crippen molar-refractivity contribution < 1.29 is 9.47 Å². The summed E-state index contributed by atoms with van der Waals surface area (Å²) in [4.78, 5) is 2.35. The number of ether oxygens (including phenoxy) is 2. The number of nitrogens with one attached hydrogen (secondary N) is 1. The Morgan fingerprint density at radius 3 is 2.72 bits per heavy atom. The lowest BCUT2D eigenvalue weighted by Crippen LogP contribution is -2.34. The van der Waals surface area contributed by atoms with Crippen molar-refractivity contribution in [1.82, 2.24) is 10.2 Å². The molecule has 0 aromatic carbocycles. The highest BCUT2D eigenvalue weighted by Crippen LogP contribution is 2.19. The maximum Gasteiger partial charge on any atom is 0.0707 e. The van der Waals surface area contributed by atoms with Crippen molar-refractivity contribution in [2.45, 2.75) is 51.4 Å². The second-order valence-corrected chi connectivity index (χ2v) is 5.63. The predicted octanol–water partition coefficient (Wildman–Crippen LogP) is 1.50. The molecule has 1 saturated heterocycles. The summed E-state index contributed by atoms with van der Waals surface area (Å²) < 4.78 is 11.1. The van der Waals surface area contributed by atoms with Gasteiger partial charge in [-0.15, -0.1) is 0 Å². The fourth-order valence-electron chi connectivity index (χ4n) is 2.35. The Kier molecular flexibility index (Phi) is 7.82. The third-order valence-electron chi connectivity index (χ3n) is 3.35. The molecule has 1 aliphatic heterocycles. The normalized spacial score (nSPS) is 24.3. The minimum atomic E-state index is 0.407. The van der Waals surface area contributed by atoms with E-state index in [1.54, 1.807) is 7.11 Å². The van der Waals surface area contributed by atoms with Crippen molar-refractivity contribution in [2.75, 3.05) is 40.4 Å². The summed E-state index contributed by atoms with van der Waals surface area (Å²) in [5, 5.41) is 3.45. The first-order chi connectivity index (χ1) is 8.61. The molecule has 0 radical (unpaired) electrons. The summed E-state index contributed by atoms with van der Waals surface area (Å²) in [5.41, 5.74) is 0. The minimum absolute atomic E-state index is 0.407. The van der Waals surface area contributed by atoms with E-state index in [4.69, 9.17) is 9.47 Å². The van der Waals surface area contributed by atoms with E-state index in [1.807, 2.05) is 0 Å². The molecule has 0 spiro atoms. The molecule has 0 aromatic rings. The van der Waals surface area contributed by atoms with Crippen LogP contribution in [0.4, 0.5) is 0 Å². The molecule has 1 N–H and O–H groups in total. The van der Waals surface area contributed by atoms with Gasteiger partial charge in [0.25, 0.3) is 0 Å². The van der Waals surface area contributed by atoms with Crippen LogP contribution in [0, 0.1) is 0 Å². The summed E-state index contributed by atoms with van der Waals surface area (Å²) >= 11 is 0. The molecule has 0 amide bonds. The minimum Gasteiger partial charge on any atom is -0.385 e. The van der Waals surface area contributed by atoms with Crippen LogP contribution >= 0.6 is 0 Å². The largest absolute Gasteiger partial charge is 0.385 e. The number of methoxy groups -OCH3 is 1. The fraction of sp³-hybridized carbons (Fsp3) is 1.00. The molecule has 18 heavy (non-hydrogen) atoms. The molecule has 1 rings (SSSR count). The smallest absolute Gasteiger partial charge is 0.0707 e. The van der Waals surface area contributed by atoms with Gasteiger partial charge in [0.15, 0.2) is 0 Å². The van der Waals surface area contributed by atoms with E-state index in [0.29, 0.717) is 18.2 Å². The number of nitrogens with zero attached hydrogens (tertiary/aromatic N) is 1. The molecule has 4 heteroatoms. The van der Waals surface area contributed by atoms with Crippen LogP contribution in [0.5, 0.6) is 0 Å². The molecule has 4 nitrogen and oxygen atoms in total. The summed E-state index contributed by atoms with van der Waals surface area (Å²) in [7, 11) is 3.92. The van der Waals surface area contributed by atoms with Crippen molar-refractivity contribution in [2.24, 2.45) is 0 Å². The average Bonchev–Trinajstić information content (AvgIpc) is 2.74. The quantitative estimate of drug-likeness (QED) is 0.636. The van der Waals surface area contributed by atoms with Gasteiger partial charge in [0, 0.05) is 39.4 Å². The van der Waals surface area contributed by atoms with Crippen molar-refractivity contribution in [3.05, 3.63) is 0 Å². The van der Waals surface area contributed by atoms with Gasteiger partial charge in [-0.1, -0.05) is 13.8 Å². The number of hydrogen-bond acceptors (Lipinski definition) is 4. The summed E-state index contributed by atoms with van der Waals surface area (Å²) in [6, 6.07) is 0.546. The van der Waals surface area contributed by atoms with Crippen LogP contribution in [0.1, 0.15) is 33.1 Å². The van der Waals surface area contributed by atoms with Gasteiger partial charge in [-0.25, -0.2) is 0 Å². The van der Waals surface area contributed by atoms with Gasteiger partial charge >= 0.3 is 0 Å². The number of likely N-dealkylation sites (N-methyl/N-ethyl adjacent to an activating group) is 1. The SMILES string of the molecule is COCCCN(C)CC1CCC(CNC(C)C)O1. The van der Waals surface area contributed by atoms with E-state index in [2.05, 4.69) is 31.1 Å². The van der Waals surface area contributed by atoms with Crippen LogP contribution in [-0.2, 0) is 9.47 Å². The first-order valence-electron chi connectivity index (χ1n) is 7.18. The van der Waals surface area contributed by atoms with Crippen LogP contribution in [0.15, 0.2) is 0 Å². The zero-order valence-electron chi connectivity index (χ0n) is 12.4. The lowest BCUT2D eigenvalue weighted by atomic mass is 10.2. The van der Waals surface area contributed by atoms with Gasteiger partial charge in [0.1, 0.15) is 0 Å². The standard InChI is InChI=1S/C14H30N2O2/c1-12(2)15-10-13-6-7-14(18-13)11-16(3)8-5-9-17-4/h12-15H,5-11H2,1-4H3. The third kappa shape index (κ3) is 6.69. The maximum absolute atomic E-state index is 6.05. The molecule has 1 heterocycles. The average molecular weight is 258 g/mol. The Bertz CT molecular complexity index is 212. The van der Waals surface area contributed by atoms with E-state index in [1.165, 1.54) is 12.8 Å². The molecule has 2 atom stereocenters. The Morgan fingerprint density at radius 2 is 2.06 bits per heavy atom. The lowest BCUT2D eigenvalue weighted by Gasteiger charge is -2.21. The topological polar surface area (TPSA) is 33.7 Å². The van der Waals surface area contributed by atoms with Gasteiger partial charge in [-0.05, 0) is 26.3 Å². The second-order valence-electron chi connectivity index (χ2n) is 5.63. The molecule has 0 aliphatic carbocycles. The molecule has 108 valence electrons. The maximum atomic E-state index is 6.05. The fourth-order valence-corrected chi connectivity index (χ4v) is 2.35. The van der Waals surface area contributed by atoms with Crippen LogP contribution in [0.2, 0.25) is 0 Å². The molecular weight excluding hydrogens is 228 g/mol. The van der Waals surface area contributed by atoms with E-state index in [9.17, 15) is 0 Å². The number of hydrogen-bond donors (Lipinski definition) is 1. The Labute approximate surface area is 112 Å². The highest BCUT2D eigenvalue weighted by Gasteiger charge is 2.25. The van der Waals surface area contributed by atoms with Crippen LogP contribution < -0.4 is 5.32 Å². The lowest BCUT2D eigenvalue weighted by molar-refractivity contribution is 0.0259. The monoisotopic (exact) mass is 258 g/mol.